The number of carboxylic acids is 1. The predicted octanol–water partition coefficient (Wildman–Crippen LogP) is 5.23. The first-order valence-corrected chi connectivity index (χ1v) is 11.3. The van der Waals surface area contributed by atoms with Crippen LogP contribution in [0.2, 0.25) is 0 Å². The number of rotatable bonds is 7. The molecule has 0 unspecified atom stereocenters. The van der Waals surface area contributed by atoms with Crippen LogP contribution in [-0.4, -0.2) is 30.1 Å². The Morgan fingerprint density at radius 2 is 1.52 bits per heavy atom. The molecule has 0 aliphatic carbocycles. The minimum atomic E-state index is -0.978. The number of nitrogens with zero attached hydrogens (tertiary/aromatic N) is 1. The van der Waals surface area contributed by atoms with Crippen LogP contribution in [-0.2, 0) is 11.2 Å². The van der Waals surface area contributed by atoms with Gasteiger partial charge in [-0.25, -0.2) is 4.79 Å². The molecule has 0 radical (unpaired) electrons. The van der Waals surface area contributed by atoms with Crippen molar-refractivity contribution in [2.45, 2.75) is 25.7 Å². The molecule has 1 aliphatic heterocycles. The number of benzene rings is 3. The Morgan fingerprint density at radius 1 is 0.848 bits per heavy atom. The first-order valence-electron chi connectivity index (χ1n) is 11.3. The molecule has 5 heteroatoms. The summed E-state index contributed by atoms with van der Waals surface area (Å²) in [6.45, 7) is 2.03. The molecule has 4 rings (SSSR count). The van der Waals surface area contributed by atoms with Gasteiger partial charge in [-0.3, -0.25) is 4.79 Å². The lowest BCUT2D eigenvalue weighted by molar-refractivity contribution is -0.119. The molecular weight excluding hydrogens is 412 g/mol. The van der Waals surface area contributed by atoms with E-state index in [2.05, 4.69) is 22.3 Å². The van der Waals surface area contributed by atoms with Gasteiger partial charge < -0.3 is 15.3 Å². The van der Waals surface area contributed by atoms with Gasteiger partial charge in [0, 0.05) is 24.3 Å². The number of hydrogen-bond donors (Lipinski definition) is 2. The van der Waals surface area contributed by atoms with Gasteiger partial charge in [0.05, 0.1) is 17.7 Å². The lowest BCUT2D eigenvalue weighted by Crippen LogP contribution is -2.31. The number of carbonyl (C=O) groups excluding carboxylic acids is 1. The van der Waals surface area contributed by atoms with E-state index in [4.69, 9.17) is 5.11 Å². The van der Waals surface area contributed by atoms with Crippen LogP contribution in [0.4, 0.5) is 5.69 Å². The normalized spacial score (nSPS) is 14.1. The Hall–Kier alpha value is -3.86. The van der Waals surface area contributed by atoms with Gasteiger partial charge >= 0.3 is 5.97 Å². The van der Waals surface area contributed by atoms with Gasteiger partial charge in [-0.1, -0.05) is 60.7 Å². The van der Waals surface area contributed by atoms with E-state index in [9.17, 15) is 9.59 Å². The van der Waals surface area contributed by atoms with Gasteiger partial charge in [0.2, 0.25) is 5.91 Å². The highest BCUT2D eigenvalue weighted by Gasteiger charge is 2.18. The first-order chi connectivity index (χ1) is 16.1. The molecule has 1 saturated heterocycles. The highest BCUT2D eigenvalue weighted by Crippen LogP contribution is 2.29. The van der Waals surface area contributed by atoms with Crippen molar-refractivity contribution in [2.24, 2.45) is 0 Å². The lowest BCUT2D eigenvalue weighted by Gasteiger charge is -2.31. The molecule has 0 bridgehead atoms. The van der Waals surface area contributed by atoms with Crippen molar-refractivity contribution in [1.82, 2.24) is 5.32 Å². The van der Waals surface area contributed by atoms with Gasteiger partial charge in [-0.2, -0.15) is 0 Å². The molecule has 168 valence electrons. The van der Waals surface area contributed by atoms with E-state index >= 15 is 0 Å². The second kappa shape index (κ2) is 10.6. The first kappa shape index (κ1) is 22.3. The van der Waals surface area contributed by atoms with Crippen LogP contribution in [0.1, 0.15) is 46.3 Å². The van der Waals surface area contributed by atoms with E-state index in [1.165, 1.54) is 31.4 Å². The number of piperidine rings is 1. The Balaban J connectivity index is 1.62. The number of hydrogen-bond acceptors (Lipinski definition) is 3. The van der Waals surface area contributed by atoms with Crippen molar-refractivity contribution in [3.8, 4) is 0 Å². The van der Waals surface area contributed by atoms with Gasteiger partial charge in [-0.05, 0) is 54.7 Å². The third-order valence-electron chi connectivity index (χ3n) is 5.84. The minimum absolute atomic E-state index is 0.145. The van der Waals surface area contributed by atoms with Crippen molar-refractivity contribution in [1.29, 1.82) is 0 Å². The fourth-order valence-corrected chi connectivity index (χ4v) is 4.15. The van der Waals surface area contributed by atoms with E-state index in [1.807, 2.05) is 48.5 Å². The second-order valence-corrected chi connectivity index (χ2v) is 8.26. The zero-order valence-electron chi connectivity index (χ0n) is 18.5. The number of anilines is 1. The largest absolute Gasteiger partial charge is 0.478 e. The lowest BCUT2D eigenvalue weighted by atomic mass is 10.0. The molecule has 1 aliphatic rings. The van der Waals surface area contributed by atoms with Crippen molar-refractivity contribution in [3.63, 3.8) is 0 Å². The Bertz CT molecular complexity index is 1130. The molecule has 0 aromatic heterocycles. The third kappa shape index (κ3) is 5.89. The van der Waals surface area contributed by atoms with Gasteiger partial charge in [0.15, 0.2) is 0 Å². The number of amides is 1. The van der Waals surface area contributed by atoms with E-state index < -0.39 is 5.97 Å². The molecule has 0 atom stereocenters. The summed E-state index contributed by atoms with van der Waals surface area (Å²) in [5.74, 6) is -1.12. The molecule has 0 spiro atoms. The van der Waals surface area contributed by atoms with Crippen molar-refractivity contribution in [3.05, 3.63) is 101 Å². The van der Waals surface area contributed by atoms with E-state index in [-0.39, 0.29) is 17.9 Å². The van der Waals surface area contributed by atoms with Crippen LogP contribution >= 0.6 is 0 Å². The van der Waals surface area contributed by atoms with Crippen LogP contribution in [0, 0.1) is 0 Å². The summed E-state index contributed by atoms with van der Waals surface area (Å²) in [4.78, 5) is 26.5. The fraction of sp³-hybridized carbons (Fsp3) is 0.214. The summed E-state index contributed by atoms with van der Waals surface area (Å²) < 4.78 is 0. The number of carbonyl (C=O) groups is 2. The van der Waals surface area contributed by atoms with Crippen LogP contribution in [0.15, 0.2) is 78.9 Å². The molecule has 1 amide bonds. The molecule has 3 aromatic carbocycles. The number of para-hydroxylation sites is 1. The maximum atomic E-state index is 13.0. The number of nitrogens with one attached hydrogen (secondary N) is 1. The van der Waals surface area contributed by atoms with Crippen LogP contribution in [0.25, 0.3) is 11.8 Å². The summed E-state index contributed by atoms with van der Waals surface area (Å²) in [7, 11) is 0. The average Bonchev–Trinajstić information content (AvgIpc) is 2.85. The number of aromatic carboxylic acids is 1. The summed E-state index contributed by atoms with van der Waals surface area (Å²) in [5, 5.41) is 12.2. The zero-order chi connectivity index (χ0) is 23.0. The maximum absolute atomic E-state index is 13.0. The molecular formula is C28H28N2O3. The summed E-state index contributed by atoms with van der Waals surface area (Å²) in [6.07, 6.45) is 5.77. The van der Waals surface area contributed by atoms with Gasteiger partial charge in [0.1, 0.15) is 0 Å². The van der Waals surface area contributed by atoms with E-state index in [1.54, 1.807) is 12.1 Å². The van der Waals surface area contributed by atoms with Gasteiger partial charge in [0.25, 0.3) is 0 Å². The van der Waals surface area contributed by atoms with Crippen LogP contribution in [0.3, 0.4) is 0 Å². The predicted molar refractivity (Wildman–Crippen MR) is 132 cm³/mol. The molecule has 3 aromatic rings. The SMILES string of the molecule is O=C(Cc1ccc(C(=O)O)cc1)NC(=Cc1ccccc1)c1ccccc1N1CCCCC1. The quantitative estimate of drug-likeness (QED) is 0.494. The minimum Gasteiger partial charge on any atom is -0.478 e. The Morgan fingerprint density at radius 3 is 2.21 bits per heavy atom. The van der Waals surface area contributed by atoms with E-state index in [0.717, 1.165) is 41.2 Å². The fourth-order valence-electron chi connectivity index (χ4n) is 4.15. The van der Waals surface area contributed by atoms with E-state index in [0.29, 0.717) is 0 Å². The Labute approximate surface area is 194 Å². The second-order valence-electron chi connectivity index (χ2n) is 8.26. The summed E-state index contributed by atoms with van der Waals surface area (Å²) in [5.41, 5.74) is 4.87. The van der Waals surface area contributed by atoms with Crippen LogP contribution in [0.5, 0.6) is 0 Å². The summed E-state index contributed by atoms with van der Waals surface area (Å²) in [6, 6.07) is 24.6. The molecule has 33 heavy (non-hydrogen) atoms. The zero-order valence-corrected chi connectivity index (χ0v) is 18.5. The summed E-state index contributed by atoms with van der Waals surface area (Å²) >= 11 is 0. The molecule has 2 N–H and O–H groups in total. The molecule has 1 heterocycles. The van der Waals surface area contributed by atoms with Crippen molar-refractivity contribution >= 4 is 29.3 Å². The highest BCUT2D eigenvalue weighted by molar-refractivity contribution is 5.96. The molecule has 1 fully saturated rings. The van der Waals surface area contributed by atoms with Crippen molar-refractivity contribution in [2.75, 3.05) is 18.0 Å². The highest BCUT2D eigenvalue weighted by atomic mass is 16.4. The third-order valence-corrected chi connectivity index (χ3v) is 5.84. The van der Waals surface area contributed by atoms with Crippen molar-refractivity contribution < 1.29 is 14.7 Å². The van der Waals surface area contributed by atoms with Gasteiger partial charge in [-0.15, -0.1) is 0 Å². The monoisotopic (exact) mass is 440 g/mol. The molecule has 0 saturated carbocycles. The Kier molecular flexibility index (Phi) is 7.20. The maximum Gasteiger partial charge on any atom is 0.335 e. The smallest absolute Gasteiger partial charge is 0.335 e. The standard InChI is InChI=1S/C28H28N2O3/c31-27(20-22-13-15-23(16-14-22)28(32)33)29-25(19-21-9-3-1-4-10-21)24-11-5-6-12-26(24)30-17-7-2-8-18-30/h1,3-6,9-16,19H,2,7-8,17-18,20H2,(H,29,31)(H,32,33). The topological polar surface area (TPSA) is 69.6 Å². The number of carboxylic acid groups (broad SMARTS) is 1. The molecule has 5 nitrogen and oxygen atoms in total. The van der Waals surface area contributed by atoms with Crippen LogP contribution < -0.4 is 10.2 Å². The average molecular weight is 441 g/mol.